The Morgan fingerprint density at radius 3 is 2.71 bits per heavy atom. The molecule has 0 spiro atoms. The monoisotopic (exact) mass is 241 g/mol. The summed E-state index contributed by atoms with van der Waals surface area (Å²) in [5, 5.41) is 6.18. The fourth-order valence-corrected chi connectivity index (χ4v) is 2.40. The van der Waals surface area contributed by atoms with E-state index in [2.05, 4.69) is 43.2 Å². The van der Waals surface area contributed by atoms with E-state index in [4.69, 9.17) is 0 Å². The third kappa shape index (κ3) is 4.28. The molecule has 1 amide bonds. The van der Waals surface area contributed by atoms with Crippen LogP contribution in [-0.4, -0.2) is 50.1 Å². The van der Waals surface area contributed by atoms with Crippen LogP contribution >= 0.6 is 0 Å². The number of hydrogen-bond acceptors (Lipinski definition) is 3. The number of hydrogen-bond donors (Lipinski definition) is 2. The van der Waals surface area contributed by atoms with Crippen molar-refractivity contribution in [3.05, 3.63) is 0 Å². The van der Waals surface area contributed by atoms with Crippen LogP contribution in [0.2, 0.25) is 0 Å². The molecule has 0 saturated carbocycles. The molecule has 1 aliphatic heterocycles. The van der Waals surface area contributed by atoms with Gasteiger partial charge in [-0.25, -0.2) is 0 Å². The molecular weight excluding hydrogens is 214 g/mol. The van der Waals surface area contributed by atoms with Crippen molar-refractivity contribution in [1.82, 2.24) is 15.5 Å². The van der Waals surface area contributed by atoms with Gasteiger partial charge in [0, 0.05) is 26.2 Å². The summed E-state index contributed by atoms with van der Waals surface area (Å²) < 4.78 is 0. The molecule has 0 aromatic carbocycles. The van der Waals surface area contributed by atoms with E-state index >= 15 is 0 Å². The van der Waals surface area contributed by atoms with Gasteiger partial charge in [-0.05, 0) is 18.4 Å². The van der Waals surface area contributed by atoms with Gasteiger partial charge in [0.05, 0.1) is 0 Å². The maximum absolute atomic E-state index is 12.1. The molecule has 1 fully saturated rings. The number of nitrogens with one attached hydrogen (secondary N) is 2. The minimum absolute atomic E-state index is 0.0378. The number of nitrogens with zero attached hydrogens (tertiary/aromatic N) is 1. The Bertz CT molecular complexity index is 263. The van der Waals surface area contributed by atoms with Crippen LogP contribution in [-0.2, 0) is 4.79 Å². The maximum Gasteiger partial charge on any atom is 0.238 e. The average molecular weight is 241 g/mol. The zero-order valence-electron chi connectivity index (χ0n) is 11.8. The highest BCUT2D eigenvalue weighted by Crippen LogP contribution is 2.21. The van der Waals surface area contributed by atoms with Gasteiger partial charge in [0.1, 0.15) is 6.04 Å². The molecule has 1 atom stereocenters. The van der Waals surface area contributed by atoms with Gasteiger partial charge < -0.3 is 10.6 Å². The molecule has 100 valence electrons. The summed E-state index contributed by atoms with van der Waals surface area (Å²) in [5.41, 5.74) is 0.146. The van der Waals surface area contributed by atoms with Crippen LogP contribution in [0.4, 0.5) is 0 Å². The molecule has 0 aromatic heterocycles. The molecule has 1 heterocycles. The molecule has 1 aliphatic rings. The fraction of sp³-hybridized carbons (Fsp3) is 0.923. The Balaban J connectivity index is 2.83. The van der Waals surface area contributed by atoms with E-state index in [1.165, 1.54) is 0 Å². The number of rotatable bonds is 4. The standard InChI is InChI=1S/C13H27N3O/c1-10(2)7-16-9-13(3,4)8-15-12(17)11(16)6-14-5/h10-11,14H,6-9H2,1-5H3,(H,15,17). The van der Waals surface area contributed by atoms with Gasteiger partial charge in [0.25, 0.3) is 0 Å². The second kappa shape index (κ2) is 5.83. The first-order chi connectivity index (χ1) is 7.85. The van der Waals surface area contributed by atoms with Crippen LogP contribution in [0.3, 0.4) is 0 Å². The van der Waals surface area contributed by atoms with Gasteiger partial charge in [-0.15, -0.1) is 0 Å². The Kier molecular flexibility index (Phi) is 4.95. The lowest BCUT2D eigenvalue weighted by Crippen LogP contribution is -2.50. The molecule has 1 rings (SSSR count). The molecule has 0 radical (unpaired) electrons. The van der Waals surface area contributed by atoms with Gasteiger partial charge in [0.2, 0.25) is 5.91 Å². The normalized spacial score (nSPS) is 25.8. The van der Waals surface area contributed by atoms with Crippen molar-refractivity contribution in [2.45, 2.75) is 33.7 Å². The van der Waals surface area contributed by atoms with E-state index in [9.17, 15) is 4.79 Å². The van der Waals surface area contributed by atoms with Crippen LogP contribution in [0.5, 0.6) is 0 Å². The van der Waals surface area contributed by atoms with Crippen LogP contribution in [0.25, 0.3) is 0 Å². The molecule has 0 aromatic rings. The molecule has 1 unspecified atom stereocenters. The van der Waals surface area contributed by atoms with Crippen molar-refractivity contribution >= 4 is 5.91 Å². The third-order valence-electron chi connectivity index (χ3n) is 3.11. The smallest absolute Gasteiger partial charge is 0.238 e. The van der Waals surface area contributed by atoms with Gasteiger partial charge in [-0.2, -0.15) is 0 Å². The van der Waals surface area contributed by atoms with E-state index in [1.807, 2.05) is 7.05 Å². The second-order valence-electron chi connectivity index (χ2n) is 6.28. The highest BCUT2D eigenvalue weighted by atomic mass is 16.2. The summed E-state index contributed by atoms with van der Waals surface area (Å²) in [5.74, 6) is 0.738. The molecule has 1 saturated heterocycles. The Hall–Kier alpha value is -0.610. The van der Waals surface area contributed by atoms with E-state index < -0.39 is 0 Å². The van der Waals surface area contributed by atoms with E-state index in [0.29, 0.717) is 12.5 Å². The molecule has 0 bridgehead atoms. The summed E-state index contributed by atoms with van der Waals surface area (Å²) >= 11 is 0. The fourth-order valence-electron chi connectivity index (χ4n) is 2.40. The Morgan fingerprint density at radius 1 is 1.53 bits per heavy atom. The zero-order valence-corrected chi connectivity index (χ0v) is 11.8. The molecule has 17 heavy (non-hydrogen) atoms. The maximum atomic E-state index is 12.1. The lowest BCUT2D eigenvalue weighted by molar-refractivity contribution is -0.125. The van der Waals surface area contributed by atoms with Gasteiger partial charge >= 0.3 is 0 Å². The summed E-state index contributed by atoms with van der Waals surface area (Å²) in [7, 11) is 1.90. The lowest BCUT2D eigenvalue weighted by atomic mass is 9.92. The largest absolute Gasteiger partial charge is 0.354 e. The summed E-state index contributed by atoms with van der Waals surface area (Å²) in [4.78, 5) is 14.4. The predicted molar refractivity (Wildman–Crippen MR) is 70.9 cm³/mol. The van der Waals surface area contributed by atoms with Crippen LogP contribution < -0.4 is 10.6 Å². The van der Waals surface area contributed by atoms with Crippen molar-refractivity contribution < 1.29 is 4.79 Å². The van der Waals surface area contributed by atoms with Gasteiger partial charge in [-0.3, -0.25) is 9.69 Å². The van der Waals surface area contributed by atoms with Gasteiger partial charge in [0.15, 0.2) is 0 Å². The summed E-state index contributed by atoms with van der Waals surface area (Å²) in [6.07, 6.45) is 0. The summed E-state index contributed by atoms with van der Waals surface area (Å²) in [6, 6.07) is -0.0378. The van der Waals surface area contributed by atoms with Crippen LogP contribution in [0.1, 0.15) is 27.7 Å². The third-order valence-corrected chi connectivity index (χ3v) is 3.11. The second-order valence-corrected chi connectivity index (χ2v) is 6.28. The summed E-state index contributed by atoms with van der Waals surface area (Å²) in [6.45, 7) is 12.2. The number of amides is 1. The van der Waals surface area contributed by atoms with Crippen LogP contribution in [0, 0.1) is 11.3 Å². The first kappa shape index (κ1) is 14.5. The average Bonchev–Trinajstić information content (AvgIpc) is 2.29. The van der Waals surface area contributed by atoms with Crippen molar-refractivity contribution in [2.24, 2.45) is 11.3 Å². The lowest BCUT2D eigenvalue weighted by Gasteiger charge is -2.33. The molecule has 2 N–H and O–H groups in total. The Labute approximate surface area is 105 Å². The van der Waals surface area contributed by atoms with Crippen LogP contribution in [0.15, 0.2) is 0 Å². The molecule has 0 aliphatic carbocycles. The molecule has 4 heteroatoms. The molecule has 4 nitrogen and oxygen atoms in total. The first-order valence-corrected chi connectivity index (χ1v) is 6.52. The number of likely N-dealkylation sites (N-methyl/N-ethyl adjacent to an activating group) is 1. The SMILES string of the molecule is CNCC1C(=O)NCC(C)(C)CN1CC(C)C. The topological polar surface area (TPSA) is 44.4 Å². The van der Waals surface area contributed by atoms with E-state index in [-0.39, 0.29) is 17.4 Å². The highest BCUT2D eigenvalue weighted by molar-refractivity contribution is 5.82. The highest BCUT2D eigenvalue weighted by Gasteiger charge is 2.34. The van der Waals surface area contributed by atoms with Gasteiger partial charge in [-0.1, -0.05) is 27.7 Å². The minimum atomic E-state index is -0.0378. The first-order valence-electron chi connectivity index (χ1n) is 6.52. The van der Waals surface area contributed by atoms with Crippen molar-refractivity contribution in [3.8, 4) is 0 Å². The molecular formula is C13H27N3O. The predicted octanol–water partition coefficient (Wildman–Crippen LogP) is 0.688. The van der Waals surface area contributed by atoms with E-state index in [1.54, 1.807) is 0 Å². The minimum Gasteiger partial charge on any atom is -0.354 e. The number of carbonyl (C=O) groups is 1. The number of carbonyl (C=O) groups excluding carboxylic acids is 1. The van der Waals surface area contributed by atoms with Crippen molar-refractivity contribution in [3.63, 3.8) is 0 Å². The van der Waals surface area contributed by atoms with E-state index in [0.717, 1.165) is 19.6 Å². The van der Waals surface area contributed by atoms with Crippen molar-refractivity contribution in [1.29, 1.82) is 0 Å². The zero-order chi connectivity index (χ0) is 13.1. The van der Waals surface area contributed by atoms with Crippen molar-refractivity contribution in [2.75, 3.05) is 33.2 Å². The quantitative estimate of drug-likeness (QED) is 0.761. The Morgan fingerprint density at radius 2 is 2.18 bits per heavy atom.